The lowest BCUT2D eigenvalue weighted by Crippen LogP contribution is -2.12. The second kappa shape index (κ2) is 15.8. The molecular formula is C62H42N2. The highest BCUT2D eigenvalue weighted by Crippen LogP contribution is 2.49. The molecule has 2 heteroatoms. The van der Waals surface area contributed by atoms with E-state index in [-0.39, 0.29) is 0 Å². The van der Waals surface area contributed by atoms with Crippen LogP contribution in [0.5, 0.6) is 0 Å². The molecule has 0 amide bonds. The third kappa shape index (κ3) is 6.44. The Morgan fingerprint density at radius 3 is 1.64 bits per heavy atom. The molecule has 0 aliphatic carbocycles. The summed E-state index contributed by atoms with van der Waals surface area (Å²) in [7, 11) is 0. The normalized spacial score (nSPS) is 11.4. The largest absolute Gasteiger partial charge is 0.310 e. The van der Waals surface area contributed by atoms with Gasteiger partial charge in [0.1, 0.15) is 0 Å². The van der Waals surface area contributed by atoms with Gasteiger partial charge in [-0.15, -0.1) is 0 Å². The fraction of sp³-hybridized carbons (Fsp3) is 0. The van der Waals surface area contributed by atoms with Gasteiger partial charge in [0, 0.05) is 33.4 Å². The number of para-hydroxylation sites is 2. The van der Waals surface area contributed by atoms with Gasteiger partial charge < -0.3 is 9.47 Å². The molecular weight excluding hydrogens is 773 g/mol. The molecule has 300 valence electrons. The summed E-state index contributed by atoms with van der Waals surface area (Å²) in [4.78, 5) is 2.47. The minimum atomic E-state index is 1.07. The van der Waals surface area contributed by atoms with Crippen LogP contribution >= 0.6 is 0 Å². The zero-order valence-corrected chi connectivity index (χ0v) is 35.1. The van der Waals surface area contributed by atoms with Crippen LogP contribution in [0.3, 0.4) is 0 Å². The van der Waals surface area contributed by atoms with Crippen LogP contribution in [0.15, 0.2) is 255 Å². The Labute approximate surface area is 373 Å². The van der Waals surface area contributed by atoms with E-state index in [0.717, 1.165) is 33.9 Å². The van der Waals surface area contributed by atoms with E-state index in [9.17, 15) is 0 Å². The first-order valence-corrected chi connectivity index (χ1v) is 22.0. The average Bonchev–Trinajstić information content (AvgIpc) is 3.71. The van der Waals surface area contributed by atoms with Crippen LogP contribution in [0, 0.1) is 0 Å². The zero-order chi connectivity index (χ0) is 42.4. The second-order valence-electron chi connectivity index (χ2n) is 16.5. The van der Waals surface area contributed by atoms with Gasteiger partial charge in [0.2, 0.25) is 0 Å². The zero-order valence-electron chi connectivity index (χ0n) is 35.1. The third-order valence-electron chi connectivity index (χ3n) is 12.8. The van der Waals surface area contributed by atoms with Gasteiger partial charge in [0.15, 0.2) is 0 Å². The summed E-state index contributed by atoms with van der Waals surface area (Å²) in [5.41, 5.74) is 16.2. The van der Waals surface area contributed by atoms with E-state index in [1.54, 1.807) is 0 Å². The van der Waals surface area contributed by atoms with Crippen molar-refractivity contribution in [3.63, 3.8) is 0 Å². The Bertz CT molecular complexity index is 3660. The molecule has 0 atom stereocenters. The maximum Gasteiger partial charge on any atom is 0.0547 e. The van der Waals surface area contributed by atoms with Gasteiger partial charge in [-0.25, -0.2) is 0 Å². The van der Waals surface area contributed by atoms with E-state index in [4.69, 9.17) is 0 Å². The molecule has 11 aromatic carbocycles. The van der Waals surface area contributed by atoms with E-state index in [1.807, 2.05) is 0 Å². The topological polar surface area (TPSA) is 8.17 Å². The fourth-order valence-electron chi connectivity index (χ4n) is 9.84. The van der Waals surface area contributed by atoms with Gasteiger partial charge >= 0.3 is 0 Å². The molecule has 0 aliphatic heterocycles. The first-order chi connectivity index (χ1) is 31.8. The maximum atomic E-state index is 2.47. The second-order valence-corrected chi connectivity index (χ2v) is 16.5. The molecule has 0 radical (unpaired) electrons. The van der Waals surface area contributed by atoms with Crippen molar-refractivity contribution in [2.75, 3.05) is 4.90 Å². The summed E-state index contributed by atoms with van der Waals surface area (Å²) in [5, 5.41) is 7.42. The highest BCUT2D eigenvalue weighted by molar-refractivity contribution is 6.11. The van der Waals surface area contributed by atoms with Gasteiger partial charge in [-0.1, -0.05) is 200 Å². The van der Waals surface area contributed by atoms with Gasteiger partial charge in [-0.3, -0.25) is 0 Å². The van der Waals surface area contributed by atoms with Crippen molar-refractivity contribution in [1.82, 2.24) is 4.57 Å². The number of nitrogens with zero attached hydrogens (tertiary/aromatic N) is 2. The van der Waals surface area contributed by atoms with Crippen molar-refractivity contribution in [3.8, 4) is 50.2 Å². The fourth-order valence-corrected chi connectivity index (χ4v) is 9.84. The Balaban J connectivity index is 1.11. The molecule has 0 aliphatic rings. The van der Waals surface area contributed by atoms with Gasteiger partial charge in [0.05, 0.1) is 16.7 Å². The van der Waals surface area contributed by atoms with Crippen LogP contribution in [-0.2, 0) is 0 Å². The molecule has 0 spiro atoms. The Morgan fingerprint density at radius 2 is 0.828 bits per heavy atom. The molecule has 0 unspecified atom stereocenters. The van der Waals surface area contributed by atoms with Gasteiger partial charge in [-0.2, -0.15) is 0 Å². The molecule has 0 saturated carbocycles. The summed E-state index contributed by atoms with van der Waals surface area (Å²) in [5.74, 6) is 0. The van der Waals surface area contributed by atoms with E-state index < -0.39 is 0 Å². The SMILES string of the molecule is c1ccc(-c2ccccc2-c2c(-c3ccccc3)cccc2N(c2cccc(-c3ccc4c5ccccc5n(-c5ccccc5)c4c3)c2)c2ccc3c(ccc4ccccc43)c2)cc1. The monoisotopic (exact) mass is 814 g/mol. The predicted molar refractivity (Wildman–Crippen MR) is 272 cm³/mol. The number of anilines is 3. The Hall–Kier alpha value is -8.46. The van der Waals surface area contributed by atoms with Crippen LogP contribution in [0.2, 0.25) is 0 Å². The number of fused-ring (bicyclic) bond motifs is 6. The number of hydrogen-bond acceptors (Lipinski definition) is 1. The van der Waals surface area contributed by atoms with Crippen molar-refractivity contribution in [1.29, 1.82) is 0 Å². The predicted octanol–water partition coefficient (Wildman–Crippen LogP) is 17.2. The summed E-state index contributed by atoms with van der Waals surface area (Å²) >= 11 is 0. The number of hydrogen-bond donors (Lipinski definition) is 0. The van der Waals surface area contributed by atoms with Crippen LogP contribution in [0.1, 0.15) is 0 Å². The van der Waals surface area contributed by atoms with E-state index in [1.165, 1.54) is 76.7 Å². The molecule has 64 heavy (non-hydrogen) atoms. The third-order valence-corrected chi connectivity index (χ3v) is 12.8. The van der Waals surface area contributed by atoms with E-state index in [2.05, 4.69) is 264 Å². The van der Waals surface area contributed by atoms with Crippen LogP contribution in [0.4, 0.5) is 17.1 Å². The number of benzene rings is 11. The maximum absolute atomic E-state index is 2.47. The molecule has 0 fully saturated rings. The minimum Gasteiger partial charge on any atom is -0.310 e. The standard InChI is InChI=1S/C62H42N2/c1-4-18-43(19-5-1)53-28-12-13-30-58(53)62-55(44-20-6-2-7-21-44)31-17-33-60(62)63(51-37-39-54-48(41-51)35-34-45-22-10-11-27-52(45)54)50-26-16-23-46(40-50)47-36-38-57-56-29-14-15-32-59(56)64(61(57)42-47)49-24-8-3-9-25-49/h1-42H. The smallest absolute Gasteiger partial charge is 0.0547 e. The molecule has 0 bridgehead atoms. The molecule has 12 aromatic rings. The van der Waals surface area contributed by atoms with Crippen LogP contribution in [0.25, 0.3) is 93.5 Å². The molecule has 0 N–H and O–H groups in total. The van der Waals surface area contributed by atoms with Crippen LogP contribution in [-0.4, -0.2) is 4.57 Å². The molecule has 0 saturated heterocycles. The van der Waals surface area contributed by atoms with E-state index in [0.29, 0.717) is 0 Å². The Morgan fingerprint density at radius 1 is 0.281 bits per heavy atom. The Kier molecular flexibility index (Phi) is 9.20. The number of aromatic nitrogens is 1. The first-order valence-electron chi connectivity index (χ1n) is 22.0. The summed E-state index contributed by atoms with van der Waals surface area (Å²) in [6, 6.07) is 92.9. The lowest BCUT2D eigenvalue weighted by Gasteiger charge is -2.30. The highest BCUT2D eigenvalue weighted by Gasteiger charge is 2.24. The number of rotatable bonds is 8. The molecule has 1 heterocycles. The van der Waals surface area contributed by atoms with Crippen LogP contribution < -0.4 is 4.90 Å². The van der Waals surface area contributed by atoms with Crippen molar-refractivity contribution in [2.24, 2.45) is 0 Å². The molecule has 1 aromatic heterocycles. The highest BCUT2D eigenvalue weighted by atomic mass is 15.1. The van der Waals surface area contributed by atoms with Crippen molar-refractivity contribution >= 4 is 60.4 Å². The van der Waals surface area contributed by atoms with Gasteiger partial charge in [0.25, 0.3) is 0 Å². The van der Waals surface area contributed by atoms with Gasteiger partial charge in [-0.05, 0) is 115 Å². The van der Waals surface area contributed by atoms with Crippen molar-refractivity contribution < 1.29 is 0 Å². The summed E-state index contributed by atoms with van der Waals surface area (Å²) < 4.78 is 2.40. The average molecular weight is 815 g/mol. The first kappa shape index (κ1) is 37.3. The minimum absolute atomic E-state index is 1.07. The lowest BCUT2D eigenvalue weighted by molar-refractivity contribution is 1.18. The van der Waals surface area contributed by atoms with Crippen molar-refractivity contribution in [3.05, 3.63) is 255 Å². The summed E-state index contributed by atoms with van der Waals surface area (Å²) in [6.07, 6.45) is 0. The van der Waals surface area contributed by atoms with E-state index >= 15 is 0 Å². The molecule has 2 nitrogen and oxygen atoms in total. The van der Waals surface area contributed by atoms with Crippen molar-refractivity contribution in [2.45, 2.75) is 0 Å². The molecule has 12 rings (SSSR count). The quantitative estimate of drug-likeness (QED) is 0.139. The lowest BCUT2D eigenvalue weighted by atomic mass is 9.87. The summed E-state index contributed by atoms with van der Waals surface area (Å²) in [6.45, 7) is 0.